The van der Waals surface area contributed by atoms with Crippen molar-refractivity contribution in [3.63, 3.8) is 0 Å². The van der Waals surface area contributed by atoms with Crippen LogP contribution in [0, 0.1) is 17.8 Å². The first-order chi connectivity index (χ1) is 17.8. The van der Waals surface area contributed by atoms with E-state index in [2.05, 4.69) is 0 Å². The first-order valence-electron chi connectivity index (χ1n) is 12.3. The highest BCUT2D eigenvalue weighted by Gasteiger charge is 2.53. The second-order valence-electron chi connectivity index (χ2n) is 9.65. The van der Waals surface area contributed by atoms with Gasteiger partial charge in [0.05, 0.1) is 36.2 Å². The third-order valence-corrected chi connectivity index (χ3v) is 7.75. The summed E-state index contributed by atoms with van der Waals surface area (Å²) in [4.78, 5) is 26.7. The van der Waals surface area contributed by atoms with E-state index in [9.17, 15) is 24.9 Å². The van der Waals surface area contributed by atoms with E-state index in [0.29, 0.717) is 29.9 Å². The van der Waals surface area contributed by atoms with Gasteiger partial charge in [0.15, 0.2) is 0 Å². The molecule has 3 N–H and O–H groups in total. The fourth-order valence-electron chi connectivity index (χ4n) is 5.64. The van der Waals surface area contributed by atoms with Gasteiger partial charge in [0.1, 0.15) is 5.75 Å². The maximum absolute atomic E-state index is 12.9. The minimum atomic E-state index is -0.945. The summed E-state index contributed by atoms with van der Waals surface area (Å²) in [5, 5.41) is 31.9. The van der Waals surface area contributed by atoms with E-state index >= 15 is 0 Å². The Morgan fingerprint density at radius 1 is 1.19 bits per heavy atom. The molecule has 1 fully saturated rings. The number of aliphatic hydroxyl groups excluding tert-OH is 2. The summed E-state index contributed by atoms with van der Waals surface area (Å²) in [5.41, 5.74) is 3.99. The monoisotopic (exact) mass is 525 g/mol. The molecular formula is C29H32ClNO6. The molecule has 0 aromatic heterocycles. The van der Waals surface area contributed by atoms with E-state index < -0.39 is 23.9 Å². The van der Waals surface area contributed by atoms with Crippen LogP contribution in [0.1, 0.15) is 30.4 Å². The molecule has 7 nitrogen and oxygen atoms in total. The summed E-state index contributed by atoms with van der Waals surface area (Å²) >= 11 is 6.36. The number of allylic oxidation sites excluding steroid dienone is 1. The highest BCUT2D eigenvalue weighted by molar-refractivity contribution is 6.32. The highest BCUT2D eigenvalue weighted by atomic mass is 35.5. The van der Waals surface area contributed by atoms with Crippen LogP contribution >= 0.6 is 11.6 Å². The molecule has 2 aliphatic rings. The molecule has 196 valence electrons. The number of likely N-dealkylation sites (tertiary alicyclic amines) is 1. The Balaban J connectivity index is 1.65. The number of imide groups is 1. The number of carbonyl (C=O) groups excluding carboxylic acids is 2. The number of phenolic OH excluding ortho intramolecular Hbond substituents is 1. The fourth-order valence-corrected chi connectivity index (χ4v) is 5.87. The fraction of sp³-hybridized carbons (Fsp3) is 0.379. The minimum absolute atomic E-state index is 0.0766. The molecule has 2 amide bonds. The van der Waals surface area contributed by atoms with Gasteiger partial charge in [0, 0.05) is 20.1 Å². The van der Waals surface area contributed by atoms with Crippen LogP contribution in [-0.2, 0) is 14.3 Å². The molecule has 1 saturated heterocycles. The third kappa shape index (κ3) is 5.50. The van der Waals surface area contributed by atoms with Crippen molar-refractivity contribution in [1.82, 2.24) is 4.90 Å². The summed E-state index contributed by atoms with van der Waals surface area (Å²) in [6.45, 7) is -0.139. The molecule has 0 bridgehead atoms. The number of aromatic hydroxyl groups is 1. The molecule has 0 radical (unpaired) electrons. The van der Waals surface area contributed by atoms with Gasteiger partial charge in [-0.15, -0.1) is 0 Å². The molecule has 0 saturated carbocycles. The zero-order valence-electron chi connectivity index (χ0n) is 20.9. The normalized spacial score (nSPS) is 23.0. The molecule has 1 heterocycles. The predicted octanol–water partition coefficient (Wildman–Crippen LogP) is 3.91. The zero-order valence-corrected chi connectivity index (χ0v) is 21.7. The second kappa shape index (κ2) is 11.6. The van der Waals surface area contributed by atoms with E-state index in [4.69, 9.17) is 16.3 Å². The van der Waals surface area contributed by atoms with Crippen molar-refractivity contribution >= 4 is 35.1 Å². The molecule has 4 atom stereocenters. The van der Waals surface area contributed by atoms with E-state index in [1.54, 1.807) is 19.2 Å². The Kier molecular flexibility index (Phi) is 8.49. The number of carbonyl (C=O) groups is 2. The summed E-state index contributed by atoms with van der Waals surface area (Å²) in [5.74, 6) is -2.39. The second-order valence-corrected chi connectivity index (χ2v) is 10.1. The number of aliphatic hydroxyl groups is 2. The van der Waals surface area contributed by atoms with Gasteiger partial charge in [-0.3, -0.25) is 14.5 Å². The van der Waals surface area contributed by atoms with Crippen molar-refractivity contribution < 1.29 is 29.6 Å². The Morgan fingerprint density at radius 2 is 1.92 bits per heavy atom. The molecule has 1 aliphatic carbocycles. The first kappa shape index (κ1) is 27.1. The molecular weight excluding hydrogens is 494 g/mol. The molecule has 0 spiro atoms. The smallest absolute Gasteiger partial charge is 0.233 e. The van der Waals surface area contributed by atoms with Crippen LogP contribution in [0.5, 0.6) is 5.75 Å². The summed E-state index contributed by atoms with van der Waals surface area (Å²) in [6.07, 6.45) is 2.11. The Bertz CT molecular complexity index is 1220. The van der Waals surface area contributed by atoms with E-state index in [0.717, 1.165) is 27.2 Å². The lowest BCUT2D eigenvalue weighted by Gasteiger charge is -2.36. The van der Waals surface area contributed by atoms with Gasteiger partial charge < -0.3 is 20.1 Å². The lowest BCUT2D eigenvalue weighted by Crippen LogP contribution is -2.39. The molecule has 4 rings (SSSR count). The lowest BCUT2D eigenvalue weighted by molar-refractivity contribution is -0.138. The van der Waals surface area contributed by atoms with Crippen molar-refractivity contribution in [2.75, 3.05) is 27.4 Å². The standard InChI is InChI=1S/C29H32ClNO6/c1-31-28(35)22-13-20(16-37-2)26(23(15-32)27(22)29(31)36)25(34)11-9-18(17-6-4-3-5-7-17)12-19-8-10-21(33)14-24(19)30/h3-8,10,12,14,22-23,25,27,32-34H,9,11,13,15-16H2,1-2H3/b18-12-/t22-,23+,25-,27-/m1/s1. The number of halogens is 1. The Morgan fingerprint density at radius 3 is 2.57 bits per heavy atom. The van der Waals surface area contributed by atoms with Crippen LogP contribution in [0.3, 0.4) is 0 Å². The maximum Gasteiger partial charge on any atom is 0.233 e. The molecule has 2 aromatic carbocycles. The van der Waals surface area contributed by atoms with Gasteiger partial charge in [0.2, 0.25) is 11.8 Å². The van der Waals surface area contributed by atoms with Gasteiger partial charge >= 0.3 is 0 Å². The molecule has 8 heteroatoms. The number of phenols is 1. The SMILES string of the molecule is COCC1=C([C@H](O)CC/C(=C/c2ccc(O)cc2Cl)c2ccccc2)[C@H](CO)[C@@H]2C(=O)N(C)C(=O)[C@@H]2C1. The topological polar surface area (TPSA) is 107 Å². The number of fused-ring (bicyclic) bond motifs is 1. The summed E-state index contributed by atoms with van der Waals surface area (Å²) < 4.78 is 5.38. The van der Waals surface area contributed by atoms with E-state index in [1.807, 2.05) is 36.4 Å². The third-order valence-electron chi connectivity index (χ3n) is 7.42. The van der Waals surface area contributed by atoms with Crippen LogP contribution in [0.25, 0.3) is 11.6 Å². The average molecular weight is 526 g/mol. The van der Waals surface area contributed by atoms with Crippen molar-refractivity contribution in [2.45, 2.75) is 25.4 Å². The number of benzene rings is 2. The van der Waals surface area contributed by atoms with Crippen molar-refractivity contribution in [2.24, 2.45) is 17.8 Å². The molecule has 0 unspecified atom stereocenters. The molecule has 1 aliphatic heterocycles. The number of amides is 2. The minimum Gasteiger partial charge on any atom is -0.508 e. The average Bonchev–Trinajstić information content (AvgIpc) is 3.11. The summed E-state index contributed by atoms with van der Waals surface area (Å²) in [6, 6.07) is 14.5. The van der Waals surface area contributed by atoms with Crippen LogP contribution in [-0.4, -0.2) is 65.5 Å². The van der Waals surface area contributed by atoms with Crippen LogP contribution in [0.4, 0.5) is 0 Å². The van der Waals surface area contributed by atoms with Gasteiger partial charge in [-0.1, -0.05) is 41.9 Å². The zero-order chi connectivity index (χ0) is 26.7. The molecule has 2 aromatic rings. The Hall–Kier alpha value is -2.97. The maximum atomic E-state index is 12.9. The largest absolute Gasteiger partial charge is 0.508 e. The quantitative estimate of drug-likeness (QED) is 0.260. The number of rotatable bonds is 9. The van der Waals surface area contributed by atoms with E-state index in [-0.39, 0.29) is 30.8 Å². The first-order valence-corrected chi connectivity index (χ1v) is 12.7. The van der Waals surface area contributed by atoms with Crippen LogP contribution in [0.15, 0.2) is 59.7 Å². The molecule has 37 heavy (non-hydrogen) atoms. The van der Waals surface area contributed by atoms with Gasteiger partial charge in [-0.05, 0) is 71.4 Å². The van der Waals surface area contributed by atoms with Crippen molar-refractivity contribution in [1.29, 1.82) is 0 Å². The van der Waals surface area contributed by atoms with Crippen LogP contribution < -0.4 is 0 Å². The Labute approximate surface area is 221 Å². The number of nitrogens with zero attached hydrogens (tertiary/aromatic N) is 1. The van der Waals surface area contributed by atoms with E-state index in [1.165, 1.54) is 13.1 Å². The number of ether oxygens (including phenoxy) is 1. The van der Waals surface area contributed by atoms with Crippen molar-refractivity contribution in [3.05, 3.63) is 75.8 Å². The van der Waals surface area contributed by atoms with Gasteiger partial charge in [-0.25, -0.2) is 0 Å². The lowest BCUT2D eigenvalue weighted by atomic mass is 9.68. The van der Waals surface area contributed by atoms with Crippen molar-refractivity contribution in [3.8, 4) is 5.75 Å². The highest BCUT2D eigenvalue weighted by Crippen LogP contribution is 2.46. The van der Waals surface area contributed by atoms with Gasteiger partial charge in [-0.2, -0.15) is 0 Å². The number of hydrogen-bond acceptors (Lipinski definition) is 6. The van der Waals surface area contributed by atoms with Gasteiger partial charge in [0.25, 0.3) is 0 Å². The summed E-state index contributed by atoms with van der Waals surface area (Å²) in [7, 11) is 3.01. The predicted molar refractivity (Wildman–Crippen MR) is 142 cm³/mol. The van der Waals surface area contributed by atoms with Crippen LogP contribution in [0.2, 0.25) is 5.02 Å². The number of methoxy groups -OCH3 is 1. The number of hydrogen-bond donors (Lipinski definition) is 3.